The zero-order valence-corrected chi connectivity index (χ0v) is 24.3. The lowest BCUT2D eigenvalue weighted by molar-refractivity contribution is 0.696. The molecule has 44 heavy (non-hydrogen) atoms. The van der Waals surface area contributed by atoms with Crippen molar-refractivity contribution in [1.29, 1.82) is 0 Å². The summed E-state index contributed by atoms with van der Waals surface area (Å²) in [7, 11) is 0. The maximum absolute atomic E-state index is 2.58. The molecule has 0 amide bonds. The predicted octanol–water partition coefficient (Wildman–Crippen LogP) is 11.7. The van der Waals surface area contributed by atoms with E-state index in [4.69, 9.17) is 0 Å². The molecule has 0 spiro atoms. The van der Waals surface area contributed by atoms with Gasteiger partial charge in [0.1, 0.15) is 0 Å². The SMILES string of the molecule is C1=Cc2cccc3c2C(C1)N(c1ccc(N(c2ccccc2)c2cccc4ccccc24)cc1)c1cc2ccccc2cc1-3. The van der Waals surface area contributed by atoms with Crippen molar-refractivity contribution >= 4 is 56.1 Å². The summed E-state index contributed by atoms with van der Waals surface area (Å²) < 4.78 is 0. The van der Waals surface area contributed by atoms with Crippen molar-refractivity contribution in [3.63, 3.8) is 0 Å². The van der Waals surface area contributed by atoms with Gasteiger partial charge in [0.15, 0.2) is 0 Å². The summed E-state index contributed by atoms with van der Waals surface area (Å²) in [6.45, 7) is 0. The third-order valence-electron chi connectivity index (χ3n) is 9.26. The zero-order chi connectivity index (χ0) is 29.0. The van der Waals surface area contributed by atoms with Gasteiger partial charge in [0.25, 0.3) is 0 Å². The summed E-state index contributed by atoms with van der Waals surface area (Å²) in [6.07, 6.45) is 5.61. The van der Waals surface area contributed by atoms with E-state index in [1.54, 1.807) is 0 Å². The van der Waals surface area contributed by atoms with Crippen LogP contribution in [0.3, 0.4) is 0 Å². The van der Waals surface area contributed by atoms with E-state index < -0.39 is 0 Å². The predicted molar refractivity (Wildman–Crippen MR) is 187 cm³/mol. The quantitative estimate of drug-likeness (QED) is 0.210. The first-order valence-electron chi connectivity index (χ1n) is 15.4. The highest BCUT2D eigenvalue weighted by molar-refractivity contribution is 6.01. The van der Waals surface area contributed by atoms with Crippen LogP contribution in [-0.4, -0.2) is 0 Å². The Morgan fingerprint density at radius 2 is 1.23 bits per heavy atom. The van der Waals surface area contributed by atoms with Crippen molar-refractivity contribution < 1.29 is 0 Å². The smallest absolute Gasteiger partial charge is 0.0638 e. The molecule has 0 saturated heterocycles. The Morgan fingerprint density at radius 1 is 0.545 bits per heavy atom. The number of anilines is 5. The average molecular weight is 563 g/mol. The number of rotatable bonds is 4. The normalized spacial score (nSPS) is 14.8. The van der Waals surface area contributed by atoms with Crippen LogP contribution in [-0.2, 0) is 0 Å². The summed E-state index contributed by atoms with van der Waals surface area (Å²) in [5.41, 5.74) is 11.3. The highest BCUT2D eigenvalue weighted by Gasteiger charge is 2.34. The van der Waals surface area contributed by atoms with Crippen LogP contribution in [0.4, 0.5) is 28.4 Å². The third kappa shape index (κ3) is 3.88. The van der Waals surface area contributed by atoms with Crippen LogP contribution in [0.25, 0.3) is 38.7 Å². The second-order valence-corrected chi connectivity index (χ2v) is 11.7. The Balaban J connectivity index is 1.21. The van der Waals surface area contributed by atoms with Crippen LogP contribution in [0.1, 0.15) is 23.6 Å². The zero-order valence-electron chi connectivity index (χ0n) is 24.3. The second-order valence-electron chi connectivity index (χ2n) is 11.7. The second kappa shape index (κ2) is 10.00. The van der Waals surface area contributed by atoms with Gasteiger partial charge in [0.05, 0.1) is 17.4 Å². The molecule has 0 fully saturated rings. The summed E-state index contributed by atoms with van der Waals surface area (Å²) in [6, 6.07) is 55.6. The monoisotopic (exact) mass is 562 g/mol. The fourth-order valence-electron chi connectivity index (χ4n) is 7.31. The molecule has 0 N–H and O–H groups in total. The third-order valence-corrected chi connectivity index (χ3v) is 9.26. The molecule has 208 valence electrons. The minimum absolute atomic E-state index is 0.244. The molecule has 1 heterocycles. The van der Waals surface area contributed by atoms with E-state index in [-0.39, 0.29) is 6.04 Å². The van der Waals surface area contributed by atoms with E-state index in [2.05, 4.69) is 174 Å². The lowest BCUT2D eigenvalue weighted by Crippen LogP contribution is -2.29. The fraction of sp³-hybridized carbons (Fsp3) is 0.0476. The van der Waals surface area contributed by atoms with Crippen LogP contribution >= 0.6 is 0 Å². The van der Waals surface area contributed by atoms with Crippen LogP contribution in [0, 0.1) is 0 Å². The average Bonchev–Trinajstić information content (AvgIpc) is 3.09. The molecular weight excluding hydrogens is 532 g/mol. The first kappa shape index (κ1) is 24.9. The van der Waals surface area contributed by atoms with Gasteiger partial charge in [-0.25, -0.2) is 0 Å². The van der Waals surface area contributed by atoms with Crippen LogP contribution in [0.2, 0.25) is 0 Å². The van der Waals surface area contributed by atoms with E-state index in [1.807, 2.05) is 0 Å². The molecule has 7 aromatic rings. The molecular formula is C42H30N2. The number of nitrogens with zero attached hydrogens (tertiary/aromatic N) is 2. The number of para-hydroxylation sites is 1. The Labute approximate surface area is 257 Å². The van der Waals surface area contributed by atoms with Crippen molar-refractivity contribution in [3.05, 3.63) is 169 Å². The summed E-state index contributed by atoms with van der Waals surface area (Å²) >= 11 is 0. The van der Waals surface area contributed by atoms with Crippen molar-refractivity contribution in [2.75, 3.05) is 9.80 Å². The molecule has 2 nitrogen and oxygen atoms in total. The molecule has 1 unspecified atom stereocenters. The van der Waals surface area contributed by atoms with Gasteiger partial charge in [0, 0.05) is 28.0 Å². The minimum atomic E-state index is 0.244. The highest BCUT2D eigenvalue weighted by Crippen LogP contribution is 2.53. The van der Waals surface area contributed by atoms with Gasteiger partial charge < -0.3 is 9.80 Å². The Morgan fingerprint density at radius 3 is 2.07 bits per heavy atom. The maximum Gasteiger partial charge on any atom is 0.0638 e. The van der Waals surface area contributed by atoms with Gasteiger partial charge in [-0.1, -0.05) is 109 Å². The highest BCUT2D eigenvalue weighted by atomic mass is 15.2. The minimum Gasteiger partial charge on any atom is -0.333 e. The Bertz CT molecular complexity index is 2210. The number of fused-ring (bicyclic) bond motifs is 4. The van der Waals surface area contributed by atoms with Gasteiger partial charge in [-0.15, -0.1) is 0 Å². The number of hydrogen-bond donors (Lipinski definition) is 0. The van der Waals surface area contributed by atoms with Crippen molar-refractivity contribution in [2.24, 2.45) is 0 Å². The molecule has 1 atom stereocenters. The van der Waals surface area contributed by atoms with Crippen LogP contribution < -0.4 is 9.80 Å². The van der Waals surface area contributed by atoms with Crippen molar-refractivity contribution in [1.82, 2.24) is 0 Å². The van der Waals surface area contributed by atoms with Gasteiger partial charge in [-0.3, -0.25) is 0 Å². The van der Waals surface area contributed by atoms with Crippen LogP contribution in [0.5, 0.6) is 0 Å². The van der Waals surface area contributed by atoms with Gasteiger partial charge >= 0.3 is 0 Å². The molecule has 1 aliphatic heterocycles. The molecule has 2 heteroatoms. The fourth-order valence-corrected chi connectivity index (χ4v) is 7.31. The molecule has 2 aliphatic rings. The number of hydrogen-bond acceptors (Lipinski definition) is 2. The molecule has 1 aliphatic carbocycles. The lowest BCUT2D eigenvalue weighted by atomic mass is 9.80. The number of benzene rings is 7. The van der Waals surface area contributed by atoms with E-state index >= 15 is 0 Å². The van der Waals surface area contributed by atoms with Crippen molar-refractivity contribution in [2.45, 2.75) is 12.5 Å². The van der Waals surface area contributed by atoms with Crippen LogP contribution in [0.15, 0.2) is 158 Å². The molecule has 7 aromatic carbocycles. The molecule has 0 radical (unpaired) electrons. The maximum atomic E-state index is 2.58. The van der Waals surface area contributed by atoms with E-state index in [0.717, 1.165) is 17.8 Å². The van der Waals surface area contributed by atoms with E-state index in [1.165, 1.54) is 60.9 Å². The molecule has 0 saturated carbocycles. The van der Waals surface area contributed by atoms with Gasteiger partial charge in [-0.05, 0) is 93.9 Å². The Kier molecular flexibility index (Phi) is 5.67. The lowest BCUT2D eigenvalue weighted by Gasteiger charge is -2.42. The van der Waals surface area contributed by atoms with E-state index in [9.17, 15) is 0 Å². The Hall–Kier alpha value is -5.60. The van der Waals surface area contributed by atoms with E-state index in [0.29, 0.717) is 0 Å². The standard InChI is InChI=1S/C42H30N2/c1-2-17-33(18-3-1)43(39-21-9-14-29-11-6-7-19-36(29)39)34-23-25-35(26-24-34)44-40-22-10-16-30-15-8-20-37(42(30)40)38-27-31-12-4-5-13-32(31)28-41(38)44/h1-21,23-28,40H,22H2. The first-order chi connectivity index (χ1) is 21.8. The molecule has 9 rings (SSSR count). The first-order valence-corrected chi connectivity index (χ1v) is 15.4. The van der Waals surface area contributed by atoms with Gasteiger partial charge in [0.2, 0.25) is 0 Å². The van der Waals surface area contributed by atoms with Gasteiger partial charge in [-0.2, -0.15) is 0 Å². The summed E-state index contributed by atoms with van der Waals surface area (Å²) in [4.78, 5) is 4.95. The topological polar surface area (TPSA) is 6.48 Å². The van der Waals surface area contributed by atoms with Crippen molar-refractivity contribution in [3.8, 4) is 11.1 Å². The molecule has 0 bridgehead atoms. The summed E-state index contributed by atoms with van der Waals surface area (Å²) in [5.74, 6) is 0. The summed E-state index contributed by atoms with van der Waals surface area (Å²) in [5, 5.41) is 5.01. The molecule has 0 aromatic heterocycles. The largest absolute Gasteiger partial charge is 0.333 e.